The summed E-state index contributed by atoms with van der Waals surface area (Å²) in [5.74, 6) is 0. The van der Waals surface area contributed by atoms with Gasteiger partial charge in [0.15, 0.2) is 0 Å². The van der Waals surface area contributed by atoms with Crippen LogP contribution in [-0.2, 0) is 0 Å². The minimum atomic E-state index is -0.139. The molecule has 1 saturated carbocycles. The monoisotopic (exact) mass is 259 g/mol. The molecule has 1 unspecified atom stereocenters. The van der Waals surface area contributed by atoms with Crippen LogP contribution < -0.4 is 11.0 Å². The van der Waals surface area contributed by atoms with E-state index in [1.165, 1.54) is 37.7 Å². The van der Waals surface area contributed by atoms with Gasteiger partial charge in [0.2, 0.25) is 0 Å². The van der Waals surface area contributed by atoms with Gasteiger partial charge in [0.25, 0.3) is 0 Å². The molecule has 0 spiro atoms. The predicted molar refractivity (Wildman–Crippen MR) is 77.3 cm³/mol. The minimum Gasteiger partial charge on any atom is -0.307 e. The molecule has 0 saturated heterocycles. The van der Waals surface area contributed by atoms with Crippen LogP contribution in [0.3, 0.4) is 0 Å². The van der Waals surface area contributed by atoms with Gasteiger partial charge < -0.3 is 15.3 Å². The highest BCUT2D eigenvalue weighted by Gasteiger charge is 2.16. The van der Waals surface area contributed by atoms with Gasteiger partial charge in [-0.1, -0.05) is 25.3 Å². The highest BCUT2D eigenvalue weighted by Crippen LogP contribution is 2.22. The van der Waals surface area contributed by atoms with Crippen molar-refractivity contribution in [3.63, 3.8) is 0 Å². The number of benzene rings is 1. The van der Waals surface area contributed by atoms with Crippen LogP contribution in [0.1, 0.15) is 50.6 Å². The van der Waals surface area contributed by atoms with Crippen molar-refractivity contribution in [3.8, 4) is 0 Å². The lowest BCUT2D eigenvalue weighted by molar-refractivity contribution is 0.347. The Balaban J connectivity index is 1.76. The maximum Gasteiger partial charge on any atom is 0.323 e. The summed E-state index contributed by atoms with van der Waals surface area (Å²) in [4.78, 5) is 16.9. The van der Waals surface area contributed by atoms with Crippen molar-refractivity contribution in [2.24, 2.45) is 0 Å². The second-order valence-electron chi connectivity index (χ2n) is 5.61. The third-order valence-electron chi connectivity index (χ3n) is 4.13. The molecule has 1 aromatic heterocycles. The van der Waals surface area contributed by atoms with Crippen LogP contribution in [0.5, 0.6) is 0 Å². The number of imidazole rings is 1. The molecule has 102 valence electrons. The Morgan fingerprint density at radius 1 is 1.16 bits per heavy atom. The summed E-state index contributed by atoms with van der Waals surface area (Å²) >= 11 is 0. The summed E-state index contributed by atoms with van der Waals surface area (Å²) in [6.07, 6.45) is 6.63. The minimum absolute atomic E-state index is 0.139. The Morgan fingerprint density at radius 3 is 2.68 bits per heavy atom. The zero-order valence-corrected chi connectivity index (χ0v) is 11.3. The number of aromatic amines is 2. The molecule has 19 heavy (non-hydrogen) atoms. The Labute approximate surface area is 112 Å². The van der Waals surface area contributed by atoms with E-state index >= 15 is 0 Å². The smallest absolute Gasteiger partial charge is 0.307 e. The van der Waals surface area contributed by atoms with E-state index < -0.39 is 0 Å². The van der Waals surface area contributed by atoms with Crippen molar-refractivity contribution in [1.29, 1.82) is 0 Å². The Kier molecular flexibility index (Phi) is 3.42. The summed E-state index contributed by atoms with van der Waals surface area (Å²) < 4.78 is 0. The first-order valence-corrected chi connectivity index (χ1v) is 7.20. The van der Waals surface area contributed by atoms with Crippen molar-refractivity contribution in [2.45, 2.75) is 51.1 Å². The van der Waals surface area contributed by atoms with Gasteiger partial charge in [-0.2, -0.15) is 0 Å². The van der Waals surface area contributed by atoms with Gasteiger partial charge in [0.1, 0.15) is 0 Å². The zero-order valence-electron chi connectivity index (χ0n) is 11.3. The standard InChI is InChI=1S/C15H21N3O/c1-10(16-12-5-3-2-4-6-12)11-7-8-13-14(9-11)18-15(19)17-13/h7-10,12,16H,2-6H2,1H3,(H2,17,18,19). The van der Waals surface area contributed by atoms with E-state index in [0.717, 1.165) is 11.0 Å². The van der Waals surface area contributed by atoms with Crippen LogP contribution in [0.2, 0.25) is 0 Å². The van der Waals surface area contributed by atoms with Crippen molar-refractivity contribution >= 4 is 11.0 Å². The number of hydrogen-bond acceptors (Lipinski definition) is 2. The molecule has 1 heterocycles. The topological polar surface area (TPSA) is 60.7 Å². The molecule has 0 aliphatic heterocycles. The number of rotatable bonds is 3. The van der Waals surface area contributed by atoms with Gasteiger partial charge in [0, 0.05) is 12.1 Å². The first kappa shape index (κ1) is 12.5. The Morgan fingerprint density at radius 2 is 1.89 bits per heavy atom. The molecule has 0 bridgehead atoms. The molecule has 4 heteroatoms. The number of nitrogens with one attached hydrogen (secondary N) is 3. The average molecular weight is 259 g/mol. The number of H-pyrrole nitrogens is 2. The van der Waals surface area contributed by atoms with Crippen LogP contribution in [-0.4, -0.2) is 16.0 Å². The van der Waals surface area contributed by atoms with E-state index in [0.29, 0.717) is 12.1 Å². The van der Waals surface area contributed by atoms with Crippen LogP contribution in [0.25, 0.3) is 11.0 Å². The highest BCUT2D eigenvalue weighted by molar-refractivity contribution is 5.75. The van der Waals surface area contributed by atoms with Gasteiger partial charge in [0.05, 0.1) is 11.0 Å². The molecule has 1 aromatic carbocycles. The first-order valence-electron chi connectivity index (χ1n) is 7.20. The van der Waals surface area contributed by atoms with E-state index in [1.807, 2.05) is 6.07 Å². The lowest BCUT2D eigenvalue weighted by atomic mass is 9.94. The van der Waals surface area contributed by atoms with Crippen LogP contribution >= 0.6 is 0 Å². The second kappa shape index (κ2) is 5.21. The first-order chi connectivity index (χ1) is 9.22. The molecular formula is C15H21N3O. The Bertz CT molecular complexity index is 607. The molecule has 1 aliphatic rings. The van der Waals surface area contributed by atoms with Gasteiger partial charge in [-0.3, -0.25) is 0 Å². The molecule has 0 amide bonds. The molecule has 0 radical (unpaired) electrons. The molecule has 4 nitrogen and oxygen atoms in total. The van der Waals surface area contributed by atoms with Crippen molar-refractivity contribution in [2.75, 3.05) is 0 Å². The third-order valence-corrected chi connectivity index (χ3v) is 4.13. The van der Waals surface area contributed by atoms with Crippen LogP contribution in [0, 0.1) is 0 Å². The Hall–Kier alpha value is -1.55. The van der Waals surface area contributed by atoms with Gasteiger partial charge in [-0.05, 0) is 37.5 Å². The molecule has 3 rings (SSSR count). The molecule has 1 aliphatic carbocycles. The molecular weight excluding hydrogens is 238 g/mol. The van der Waals surface area contributed by atoms with E-state index in [9.17, 15) is 4.79 Å². The highest BCUT2D eigenvalue weighted by atomic mass is 16.1. The SMILES string of the molecule is CC(NC1CCCCC1)c1ccc2[nH]c(=O)[nH]c2c1. The van der Waals surface area contributed by atoms with E-state index in [-0.39, 0.29) is 5.69 Å². The normalized spacial score (nSPS) is 18.8. The predicted octanol–water partition coefficient (Wildman–Crippen LogP) is 2.84. The number of aromatic nitrogens is 2. The van der Waals surface area contributed by atoms with Crippen LogP contribution in [0.4, 0.5) is 0 Å². The van der Waals surface area contributed by atoms with Crippen molar-refractivity contribution < 1.29 is 0 Å². The van der Waals surface area contributed by atoms with Gasteiger partial charge in [-0.25, -0.2) is 4.79 Å². The number of fused-ring (bicyclic) bond motifs is 1. The molecule has 1 fully saturated rings. The van der Waals surface area contributed by atoms with E-state index in [4.69, 9.17) is 0 Å². The summed E-state index contributed by atoms with van der Waals surface area (Å²) in [5.41, 5.74) is 2.85. The lowest BCUT2D eigenvalue weighted by Crippen LogP contribution is -2.33. The maximum absolute atomic E-state index is 11.3. The summed E-state index contributed by atoms with van der Waals surface area (Å²) in [5, 5.41) is 3.70. The lowest BCUT2D eigenvalue weighted by Gasteiger charge is -2.26. The largest absolute Gasteiger partial charge is 0.323 e. The summed E-state index contributed by atoms with van der Waals surface area (Å²) in [7, 11) is 0. The fourth-order valence-corrected chi connectivity index (χ4v) is 3.04. The second-order valence-corrected chi connectivity index (χ2v) is 5.61. The van der Waals surface area contributed by atoms with Crippen LogP contribution in [0.15, 0.2) is 23.0 Å². The van der Waals surface area contributed by atoms with Crippen molar-refractivity contribution in [3.05, 3.63) is 34.2 Å². The zero-order chi connectivity index (χ0) is 13.2. The summed E-state index contributed by atoms with van der Waals surface area (Å²) in [6, 6.07) is 7.10. The summed E-state index contributed by atoms with van der Waals surface area (Å²) in [6.45, 7) is 2.19. The van der Waals surface area contributed by atoms with Gasteiger partial charge in [-0.15, -0.1) is 0 Å². The molecule has 1 atom stereocenters. The van der Waals surface area contributed by atoms with Gasteiger partial charge >= 0.3 is 5.69 Å². The quantitative estimate of drug-likeness (QED) is 0.793. The molecule has 3 N–H and O–H groups in total. The average Bonchev–Trinajstić information content (AvgIpc) is 2.78. The fraction of sp³-hybridized carbons (Fsp3) is 0.533. The fourth-order valence-electron chi connectivity index (χ4n) is 3.04. The van der Waals surface area contributed by atoms with E-state index in [1.54, 1.807) is 0 Å². The van der Waals surface area contributed by atoms with Crippen molar-refractivity contribution in [1.82, 2.24) is 15.3 Å². The number of hydrogen-bond donors (Lipinski definition) is 3. The van der Waals surface area contributed by atoms with E-state index in [2.05, 4.69) is 34.3 Å². The maximum atomic E-state index is 11.3. The molecule has 2 aromatic rings. The third kappa shape index (κ3) is 2.73.